The van der Waals surface area contributed by atoms with Gasteiger partial charge in [-0.1, -0.05) is 72.3 Å². The van der Waals surface area contributed by atoms with Crippen LogP contribution in [0.25, 0.3) is 54.6 Å². The molecule has 0 aliphatic rings. The largest absolute Gasteiger partial charge is 0.456 e. The molecule has 0 saturated carbocycles. The van der Waals surface area contributed by atoms with Gasteiger partial charge < -0.3 is 4.42 Å². The van der Waals surface area contributed by atoms with Crippen molar-refractivity contribution in [2.75, 3.05) is 0 Å². The average Bonchev–Trinajstić information content (AvgIpc) is 3.08. The molecule has 1 heterocycles. The van der Waals surface area contributed by atoms with Crippen LogP contribution in [0.3, 0.4) is 0 Å². The Morgan fingerprint density at radius 1 is 0.500 bits per heavy atom. The molecule has 1 nitrogen and oxygen atoms in total. The summed E-state index contributed by atoms with van der Waals surface area (Å²) in [5, 5.41) is 7.77. The number of hydrogen-bond acceptors (Lipinski definition) is 1. The summed E-state index contributed by atoms with van der Waals surface area (Å²) in [6.07, 6.45) is 0. The van der Waals surface area contributed by atoms with E-state index in [0.717, 1.165) is 27.0 Å². The maximum Gasteiger partial charge on any atom is 0.136 e. The van der Waals surface area contributed by atoms with Gasteiger partial charge in [0.05, 0.1) is 0 Å². The molecule has 6 rings (SSSR count). The normalized spacial score (nSPS) is 11.8. The Balaban J connectivity index is 1.72. The second kappa shape index (κ2) is 5.85. The lowest BCUT2D eigenvalue weighted by Crippen LogP contribution is -1.84. The lowest BCUT2D eigenvalue weighted by atomic mass is 9.93. The Hall–Kier alpha value is -3.29. The Morgan fingerprint density at radius 2 is 1.21 bits per heavy atom. The minimum Gasteiger partial charge on any atom is -0.456 e. The molecule has 2 heteroatoms. The third kappa shape index (κ3) is 2.27. The zero-order chi connectivity index (χ0) is 18.7. The molecule has 0 fully saturated rings. The van der Waals surface area contributed by atoms with Crippen molar-refractivity contribution in [3.05, 3.63) is 96.0 Å². The highest BCUT2D eigenvalue weighted by atomic mass is 35.5. The fourth-order valence-electron chi connectivity index (χ4n) is 4.22. The van der Waals surface area contributed by atoms with Crippen molar-refractivity contribution >= 4 is 55.1 Å². The van der Waals surface area contributed by atoms with Crippen LogP contribution in [-0.2, 0) is 0 Å². The van der Waals surface area contributed by atoms with Crippen LogP contribution in [0.2, 0.25) is 5.02 Å². The molecule has 0 bridgehead atoms. The molecular weight excluding hydrogens is 364 g/mol. The first-order valence-electron chi connectivity index (χ1n) is 9.31. The Morgan fingerprint density at radius 3 is 2.11 bits per heavy atom. The summed E-state index contributed by atoms with van der Waals surface area (Å²) in [5.74, 6) is 0. The highest BCUT2D eigenvalue weighted by Crippen LogP contribution is 2.38. The molecule has 0 aliphatic heterocycles. The number of furan rings is 1. The lowest BCUT2D eigenvalue weighted by molar-refractivity contribution is 0.669. The van der Waals surface area contributed by atoms with Crippen molar-refractivity contribution in [1.29, 1.82) is 0 Å². The van der Waals surface area contributed by atoms with Gasteiger partial charge in [-0.25, -0.2) is 0 Å². The van der Waals surface area contributed by atoms with Gasteiger partial charge in [-0.05, 0) is 63.0 Å². The second-order valence-electron chi connectivity index (χ2n) is 7.14. The van der Waals surface area contributed by atoms with E-state index in [4.69, 9.17) is 16.0 Å². The van der Waals surface area contributed by atoms with Crippen LogP contribution in [0.5, 0.6) is 0 Å². The number of benzene rings is 5. The van der Waals surface area contributed by atoms with Gasteiger partial charge in [-0.3, -0.25) is 0 Å². The van der Waals surface area contributed by atoms with Gasteiger partial charge in [0, 0.05) is 15.8 Å². The molecule has 0 radical (unpaired) electrons. The van der Waals surface area contributed by atoms with Crippen molar-refractivity contribution in [3.63, 3.8) is 0 Å². The van der Waals surface area contributed by atoms with E-state index in [1.54, 1.807) is 0 Å². The summed E-state index contributed by atoms with van der Waals surface area (Å²) in [7, 11) is 0. The van der Waals surface area contributed by atoms with E-state index in [9.17, 15) is 0 Å². The Kier molecular flexibility index (Phi) is 3.29. The first-order valence-corrected chi connectivity index (χ1v) is 9.68. The fraction of sp³-hybridized carbons (Fsp3) is 0. The van der Waals surface area contributed by atoms with Crippen LogP contribution in [0.15, 0.2) is 95.4 Å². The Bertz CT molecular complexity index is 1520. The standard InChI is InChI=1S/C26H15ClO/c27-18-11-12-25-24(14-18)23-13-17-7-4-10-21(22(17)15-26(23)28-25)20-9-3-6-16-5-1-2-8-19(16)20/h1-15H. The van der Waals surface area contributed by atoms with Crippen LogP contribution < -0.4 is 0 Å². The van der Waals surface area contributed by atoms with Crippen LogP contribution in [0.4, 0.5) is 0 Å². The van der Waals surface area contributed by atoms with Crippen molar-refractivity contribution in [2.45, 2.75) is 0 Å². The van der Waals surface area contributed by atoms with Gasteiger partial charge in [0.2, 0.25) is 0 Å². The summed E-state index contributed by atoms with van der Waals surface area (Å²) in [6, 6.07) is 31.6. The van der Waals surface area contributed by atoms with E-state index in [1.807, 2.05) is 18.2 Å². The summed E-state index contributed by atoms with van der Waals surface area (Å²) in [5.41, 5.74) is 4.20. The highest BCUT2D eigenvalue weighted by Gasteiger charge is 2.12. The predicted molar refractivity (Wildman–Crippen MR) is 119 cm³/mol. The van der Waals surface area contributed by atoms with Crippen molar-refractivity contribution in [1.82, 2.24) is 0 Å². The maximum atomic E-state index is 6.21. The van der Waals surface area contributed by atoms with E-state index in [2.05, 4.69) is 72.8 Å². The molecule has 28 heavy (non-hydrogen) atoms. The first kappa shape index (κ1) is 15.7. The SMILES string of the molecule is Clc1ccc2oc3cc4c(-c5cccc6ccccc56)cccc4cc3c2c1. The highest BCUT2D eigenvalue weighted by molar-refractivity contribution is 6.31. The average molecular weight is 379 g/mol. The molecule has 0 aliphatic carbocycles. The molecule has 0 amide bonds. The number of rotatable bonds is 1. The summed E-state index contributed by atoms with van der Waals surface area (Å²) in [4.78, 5) is 0. The third-order valence-electron chi connectivity index (χ3n) is 5.51. The van der Waals surface area contributed by atoms with Gasteiger partial charge in [0.25, 0.3) is 0 Å². The van der Waals surface area contributed by atoms with Crippen molar-refractivity contribution in [3.8, 4) is 11.1 Å². The monoisotopic (exact) mass is 378 g/mol. The minimum atomic E-state index is 0.722. The van der Waals surface area contributed by atoms with Crippen LogP contribution in [0.1, 0.15) is 0 Å². The zero-order valence-corrected chi connectivity index (χ0v) is 15.7. The zero-order valence-electron chi connectivity index (χ0n) is 14.9. The quantitative estimate of drug-likeness (QED) is 0.281. The molecule has 0 unspecified atom stereocenters. The van der Waals surface area contributed by atoms with Crippen LogP contribution in [-0.4, -0.2) is 0 Å². The predicted octanol–water partition coefficient (Wildman–Crippen LogP) is 8.21. The van der Waals surface area contributed by atoms with E-state index < -0.39 is 0 Å². The van der Waals surface area contributed by atoms with Crippen molar-refractivity contribution in [2.24, 2.45) is 0 Å². The summed E-state index contributed by atoms with van der Waals surface area (Å²) < 4.78 is 6.14. The van der Waals surface area contributed by atoms with Gasteiger partial charge in [0.1, 0.15) is 11.2 Å². The van der Waals surface area contributed by atoms with Gasteiger partial charge in [0.15, 0.2) is 0 Å². The van der Waals surface area contributed by atoms with Crippen LogP contribution in [0, 0.1) is 0 Å². The molecule has 0 saturated heterocycles. The molecule has 5 aromatic carbocycles. The fourth-order valence-corrected chi connectivity index (χ4v) is 4.39. The lowest BCUT2D eigenvalue weighted by Gasteiger charge is -2.10. The van der Waals surface area contributed by atoms with E-state index in [1.165, 1.54) is 32.7 Å². The van der Waals surface area contributed by atoms with E-state index in [-0.39, 0.29) is 0 Å². The minimum absolute atomic E-state index is 0.722. The molecule has 6 aromatic rings. The topological polar surface area (TPSA) is 13.1 Å². The molecule has 1 aromatic heterocycles. The Labute approximate surface area is 166 Å². The molecule has 0 spiro atoms. The number of halogens is 1. The second-order valence-corrected chi connectivity index (χ2v) is 7.58. The third-order valence-corrected chi connectivity index (χ3v) is 5.75. The van der Waals surface area contributed by atoms with Gasteiger partial charge in [-0.15, -0.1) is 0 Å². The molecule has 0 N–H and O–H groups in total. The summed E-state index contributed by atoms with van der Waals surface area (Å²) >= 11 is 6.21. The van der Waals surface area contributed by atoms with Crippen LogP contribution >= 0.6 is 11.6 Å². The van der Waals surface area contributed by atoms with Gasteiger partial charge >= 0.3 is 0 Å². The maximum absolute atomic E-state index is 6.21. The number of fused-ring (bicyclic) bond motifs is 5. The molecule has 0 atom stereocenters. The molecule has 132 valence electrons. The molecular formula is C26H15ClO. The van der Waals surface area contributed by atoms with E-state index in [0.29, 0.717) is 0 Å². The van der Waals surface area contributed by atoms with Crippen molar-refractivity contribution < 1.29 is 4.42 Å². The number of hydrogen-bond donors (Lipinski definition) is 0. The van der Waals surface area contributed by atoms with E-state index >= 15 is 0 Å². The first-order chi connectivity index (χ1) is 13.8. The van der Waals surface area contributed by atoms with Gasteiger partial charge in [-0.2, -0.15) is 0 Å². The summed E-state index contributed by atoms with van der Waals surface area (Å²) in [6.45, 7) is 0. The smallest absolute Gasteiger partial charge is 0.136 e.